The standard InChI is InChI=1S/C18H17N3O3/c1-12(22)23-16-10-6-14(7-11-16)18-20-19-17(24-18)13-4-8-15(9-5-13)21(2)3/h4-11H,1-3H3. The molecule has 1 heterocycles. The summed E-state index contributed by atoms with van der Waals surface area (Å²) in [5.41, 5.74) is 2.71. The summed E-state index contributed by atoms with van der Waals surface area (Å²) in [4.78, 5) is 12.9. The zero-order valence-corrected chi connectivity index (χ0v) is 13.7. The Labute approximate surface area is 139 Å². The van der Waals surface area contributed by atoms with E-state index in [2.05, 4.69) is 10.2 Å². The number of nitrogens with zero attached hydrogens (tertiary/aromatic N) is 3. The van der Waals surface area contributed by atoms with Crippen molar-refractivity contribution in [2.24, 2.45) is 0 Å². The van der Waals surface area contributed by atoms with Gasteiger partial charge in [-0.2, -0.15) is 0 Å². The number of hydrogen-bond donors (Lipinski definition) is 0. The Hall–Kier alpha value is -3.15. The minimum Gasteiger partial charge on any atom is -0.427 e. The number of carbonyl (C=O) groups excluding carboxylic acids is 1. The van der Waals surface area contributed by atoms with Crippen molar-refractivity contribution in [3.63, 3.8) is 0 Å². The molecule has 3 rings (SSSR count). The maximum absolute atomic E-state index is 10.9. The van der Waals surface area contributed by atoms with Crippen LogP contribution < -0.4 is 9.64 Å². The first-order chi connectivity index (χ1) is 11.5. The van der Waals surface area contributed by atoms with Gasteiger partial charge in [-0.1, -0.05) is 0 Å². The predicted octanol–water partition coefficient (Wildman–Crippen LogP) is 3.39. The first-order valence-electron chi connectivity index (χ1n) is 7.43. The Morgan fingerprint density at radius 3 is 1.88 bits per heavy atom. The van der Waals surface area contributed by atoms with Crippen LogP contribution in [-0.4, -0.2) is 30.3 Å². The molecule has 2 aromatic carbocycles. The summed E-state index contributed by atoms with van der Waals surface area (Å²) in [5, 5.41) is 8.17. The first kappa shape index (κ1) is 15.7. The van der Waals surface area contributed by atoms with Crippen molar-refractivity contribution in [1.82, 2.24) is 10.2 Å². The maximum Gasteiger partial charge on any atom is 0.308 e. The number of aromatic nitrogens is 2. The molecule has 0 saturated heterocycles. The summed E-state index contributed by atoms with van der Waals surface area (Å²) >= 11 is 0. The SMILES string of the molecule is CC(=O)Oc1ccc(-c2nnc(-c3ccc(N(C)C)cc3)o2)cc1. The van der Waals surface area contributed by atoms with E-state index >= 15 is 0 Å². The van der Waals surface area contributed by atoms with Gasteiger partial charge in [-0.3, -0.25) is 4.79 Å². The fourth-order valence-electron chi connectivity index (χ4n) is 2.19. The van der Waals surface area contributed by atoms with Gasteiger partial charge >= 0.3 is 5.97 Å². The second-order valence-corrected chi connectivity index (χ2v) is 5.47. The smallest absolute Gasteiger partial charge is 0.308 e. The Morgan fingerprint density at radius 1 is 0.917 bits per heavy atom. The number of rotatable bonds is 4. The zero-order valence-electron chi connectivity index (χ0n) is 13.7. The molecule has 122 valence electrons. The van der Waals surface area contributed by atoms with Crippen molar-refractivity contribution in [3.05, 3.63) is 48.5 Å². The van der Waals surface area contributed by atoms with Gasteiger partial charge in [0.25, 0.3) is 0 Å². The highest BCUT2D eigenvalue weighted by atomic mass is 16.5. The van der Waals surface area contributed by atoms with Gasteiger partial charge in [-0.05, 0) is 48.5 Å². The molecule has 0 fully saturated rings. The lowest BCUT2D eigenvalue weighted by molar-refractivity contribution is -0.131. The molecule has 0 spiro atoms. The zero-order chi connectivity index (χ0) is 17.1. The van der Waals surface area contributed by atoms with Crippen LogP contribution in [0.2, 0.25) is 0 Å². The summed E-state index contributed by atoms with van der Waals surface area (Å²) in [6.07, 6.45) is 0. The summed E-state index contributed by atoms with van der Waals surface area (Å²) in [6.45, 7) is 1.36. The van der Waals surface area contributed by atoms with Gasteiger partial charge in [0.15, 0.2) is 0 Å². The van der Waals surface area contributed by atoms with Crippen molar-refractivity contribution in [3.8, 4) is 28.7 Å². The molecule has 6 nitrogen and oxygen atoms in total. The summed E-state index contributed by atoms with van der Waals surface area (Å²) < 4.78 is 10.7. The van der Waals surface area contributed by atoms with Crippen LogP contribution in [0.4, 0.5) is 5.69 Å². The third kappa shape index (κ3) is 3.43. The second-order valence-electron chi connectivity index (χ2n) is 5.47. The third-order valence-corrected chi connectivity index (χ3v) is 3.42. The topological polar surface area (TPSA) is 68.5 Å². The summed E-state index contributed by atoms with van der Waals surface area (Å²) in [6, 6.07) is 14.8. The molecular weight excluding hydrogens is 306 g/mol. The van der Waals surface area contributed by atoms with Gasteiger partial charge in [0.05, 0.1) is 0 Å². The largest absolute Gasteiger partial charge is 0.427 e. The molecule has 0 saturated carbocycles. The number of benzene rings is 2. The third-order valence-electron chi connectivity index (χ3n) is 3.42. The van der Waals surface area contributed by atoms with Gasteiger partial charge in [-0.15, -0.1) is 10.2 Å². The van der Waals surface area contributed by atoms with Crippen LogP contribution in [0.3, 0.4) is 0 Å². The minimum atomic E-state index is -0.357. The van der Waals surface area contributed by atoms with E-state index in [9.17, 15) is 4.79 Å². The monoisotopic (exact) mass is 323 g/mol. The van der Waals surface area contributed by atoms with Crippen LogP contribution in [0.5, 0.6) is 5.75 Å². The number of anilines is 1. The van der Waals surface area contributed by atoms with E-state index in [1.165, 1.54) is 6.92 Å². The second kappa shape index (κ2) is 6.54. The number of ether oxygens (including phenoxy) is 1. The average Bonchev–Trinajstić information content (AvgIpc) is 3.05. The van der Waals surface area contributed by atoms with E-state index in [-0.39, 0.29) is 5.97 Å². The fraction of sp³-hybridized carbons (Fsp3) is 0.167. The van der Waals surface area contributed by atoms with Crippen molar-refractivity contribution in [2.45, 2.75) is 6.92 Å². The molecule has 0 amide bonds. The van der Waals surface area contributed by atoms with Crippen LogP contribution in [0.15, 0.2) is 52.9 Å². The molecule has 6 heteroatoms. The van der Waals surface area contributed by atoms with E-state index in [1.807, 2.05) is 43.3 Å². The van der Waals surface area contributed by atoms with Gasteiger partial charge in [-0.25, -0.2) is 0 Å². The Bertz CT molecular complexity index is 837. The summed E-state index contributed by atoms with van der Waals surface area (Å²) in [7, 11) is 3.97. The van der Waals surface area contributed by atoms with E-state index in [1.54, 1.807) is 24.3 Å². The van der Waals surface area contributed by atoms with Crippen LogP contribution in [0, 0.1) is 0 Å². The average molecular weight is 323 g/mol. The van der Waals surface area contributed by atoms with Gasteiger partial charge in [0, 0.05) is 37.8 Å². The molecule has 0 aliphatic rings. The molecular formula is C18H17N3O3. The maximum atomic E-state index is 10.9. The molecule has 0 aliphatic carbocycles. The Kier molecular flexibility index (Phi) is 4.29. The van der Waals surface area contributed by atoms with Crippen LogP contribution in [-0.2, 0) is 4.79 Å². The Balaban J connectivity index is 1.81. The quantitative estimate of drug-likeness (QED) is 0.541. The molecule has 0 aliphatic heterocycles. The number of hydrogen-bond acceptors (Lipinski definition) is 6. The molecule has 0 bridgehead atoms. The number of esters is 1. The molecule has 1 aromatic heterocycles. The molecule has 24 heavy (non-hydrogen) atoms. The lowest BCUT2D eigenvalue weighted by Crippen LogP contribution is -2.07. The van der Waals surface area contributed by atoms with Gasteiger partial charge in [0.1, 0.15) is 5.75 Å². The van der Waals surface area contributed by atoms with Gasteiger partial charge < -0.3 is 14.1 Å². The van der Waals surface area contributed by atoms with Crippen molar-refractivity contribution >= 4 is 11.7 Å². The van der Waals surface area contributed by atoms with Crippen LogP contribution >= 0.6 is 0 Å². The van der Waals surface area contributed by atoms with E-state index < -0.39 is 0 Å². The summed E-state index contributed by atoms with van der Waals surface area (Å²) in [5.74, 6) is 0.990. The van der Waals surface area contributed by atoms with Crippen LogP contribution in [0.25, 0.3) is 22.9 Å². The van der Waals surface area contributed by atoms with Crippen molar-refractivity contribution < 1.29 is 13.9 Å². The van der Waals surface area contributed by atoms with E-state index in [4.69, 9.17) is 9.15 Å². The Morgan fingerprint density at radius 2 is 1.42 bits per heavy atom. The van der Waals surface area contributed by atoms with E-state index in [0.717, 1.165) is 16.8 Å². The normalized spacial score (nSPS) is 10.5. The number of carbonyl (C=O) groups is 1. The highest BCUT2D eigenvalue weighted by molar-refractivity contribution is 5.69. The fourth-order valence-corrected chi connectivity index (χ4v) is 2.19. The molecule has 0 radical (unpaired) electrons. The lowest BCUT2D eigenvalue weighted by Gasteiger charge is -2.11. The highest BCUT2D eigenvalue weighted by Gasteiger charge is 2.11. The highest BCUT2D eigenvalue weighted by Crippen LogP contribution is 2.26. The van der Waals surface area contributed by atoms with E-state index in [0.29, 0.717) is 17.5 Å². The van der Waals surface area contributed by atoms with Gasteiger partial charge in [0.2, 0.25) is 11.8 Å². The molecule has 3 aromatic rings. The molecule has 0 unspecified atom stereocenters. The molecule has 0 N–H and O–H groups in total. The molecule has 0 atom stereocenters. The minimum absolute atomic E-state index is 0.357. The van der Waals surface area contributed by atoms with Crippen LogP contribution in [0.1, 0.15) is 6.92 Å². The first-order valence-corrected chi connectivity index (χ1v) is 7.43. The van der Waals surface area contributed by atoms with Crippen molar-refractivity contribution in [2.75, 3.05) is 19.0 Å². The van der Waals surface area contributed by atoms with Crippen molar-refractivity contribution in [1.29, 1.82) is 0 Å². The predicted molar refractivity (Wildman–Crippen MR) is 90.8 cm³/mol. The lowest BCUT2D eigenvalue weighted by atomic mass is 10.2.